The van der Waals surface area contributed by atoms with Crippen LogP contribution < -0.4 is 5.32 Å². The van der Waals surface area contributed by atoms with Crippen molar-refractivity contribution in [2.24, 2.45) is 0 Å². The molecular weight excluding hydrogens is 706 g/mol. The van der Waals surface area contributed by atoms with Gasteiger partial charge >= 0.3 is 12.1 Å². The molecule has 0 bridgehead atoms. The van der Waals surface area contributed by atoms with Gasteiger partial charge in [-0.3, -0.25) is 20.8 Å². The molecule has 0 aliphatic rings. The molecule has 0 aliphatic carbocycles. The fourth-order valence-electron chi connectivity index (χ4n) is 5.17. The van der Waals surface area contributed by atoms with Gasteiger partial charge in [-0.15, -0.1) is 5.10 Å². The number of carbonyl (C=O) groups is 2. The summed E-state index contributed by atoms with van der Waals surface area (Å²) in [6, 6.07) is 14.8. The third-order valence-corrected chi connectivity index (χ3v) is 8.10. The van der Waals surface area contributed by atoms with E-state index < -0.39 is 41.6 Å². The van der Waals surface area contributed by atoms with Crippen LogP contribution in [0.3, 0.4) is 0 Å². The number of H-pyrrole nitrogens is 1. The second-order valence-electron chi connectivity index (χ2n) is 11.6. The van der Waals surface area contributed by atoms with E-state index in [0.717, 1.165) is 40.9 Å². The lowest BCUT2D eigenvalue weighted by atomic mass is 9.98. The van der Waals surface area contributed by atoms with Crippen LogP contribution in [0.4, 0.5) is 4.79 Å². The summed E-state index contributed by atoms with van der Waals surface area (Å²) in [5.74, 6) is 0.624. The molecule has 0 saturated heterocycles. The van der Waals surface area contributed by atoms with E-state index in [2.05, 4.69) is 47.5 Å². The van der Waals surface area contributed by atoms with Crippen molar-refractivity contribution in [3.05, 3.63) is 70.8 Å². The van der Waals surface area contributed by atoms with Crippen molar-refractivity contribution in [2.45, 2.75) is 77.7 Å². The van der Waals surface area contributed by atoms with Crippen LogP contribution in [0.5, 0.6) is 0 Å². The van der Waals surface area contributed by atoms with Gasteiger partial charge in [0.1, 0.15) is 31.2 Å². The fourth-order valence-corrected chi connectivity index (χ4v) is 5.43. The molecule has 4 rings (SSSR count). The Bertz CT molecular complexity index is 1690. The number of benzene rings is 2. The Morgan fingerprint density at radius 2 is 1.75 bits per heavy atom. The SMILES string of the molecule is CCCCc1nc(Cl)c(COC(=O)NC(C)C(=O)OCCCCC(CON(O)O)ON(O)O)n1Cc1ccc(-c2ccccc2-c2nnn[nH]2)cc1. The van der Waals surface area contributed by atoms with Crippen LogP contribution in [0, 0.1) is 0 Å². The third kappa shape index (κ3) is 12.3. The highest BCUT2D eigenvalue weighted by atomic mass is 35.5. The topological polar surface area (TPSA) is 243 Å². The van der Waals surface area contributed by atoms with E-state index in [1.54, 1.807) is 0 Å². The normalized spacial score (nSPS) is 12.6. The molecule has 282 valence electrons. The number of ether oxygens (including phenoxy) is 2. The zero-order chi connectivity index (χ0) is 37.5. The summed E-state index contributed by atoms with van der Waals surface area (Å²) < 4.78 is 12.6. The second kappa shape index (κ2) is 20.5. The molecule has 0 aliphatic heterocycles. The van der Waals surface area contributed by atoms with E-state index in [1.165, 1.54) is 6.92 Å². The van der Waals surface area contributed by atoms with Crippen molar-refractivity contribution in [1.29, 1.82) is 0 Å². The molecular formula is C32H42ClN9O10. The quantitative estimate of drug-likeness (QED) is 0.0390. The minimum Gasteiger partial charge on any atom is -0.464 e. The Kier molecular flexibility index (Phi) is 15.8. The number of nitrogens with one attached hydrogen (secondary N) is 2. The van der Waals surface area contributed by atoms with Crippen molar-refractivity contribution in [3.63, 3.8) is 0 Å². The molecule has 2 atom stereocenters. The maximum atomic E-state index is 12.7. The number of unbranched alkanes of at least 4 members (excludes halogenated alkanes) is 2. The van der Waals surface area contributed by atoms with Gasteiger partial charge in [-0.05, 0) is 59.7 Å². The van der Waals surface area contributed by atoms with Crippen molar-refractivity contribution in [2.75, 3.05) is 13.2 Å². The number of nitrogens with zero attached hydrogens (tertiary/aromatic N) is 7. The number of aromatic nitrogens is 6. The van der Waals surface area contributed by atoms with Gasteiger partial charge in [0.05, 0.1) is 23.1 Å². The van der Waals surface area contributed by atoms with Crippen LogP contribution in [-0.4, -0.2) is 99.2 Å². The zero-order valence-electron chi connectivity index (χ0n) is 28.6. The predicted octanol–water partition coefficient (Wildman–Crippen LogP) is 4.50. The van der Waals surface area contributed by atoms with E-state index >= 15 is 0 Å². The number of esters is 1. The maximum Gasteiger partial charge on any atom is 0.408 e. The Hall–Kier alpha value is -4.57. The van der Waals surface area contributed by atoms with Crippen molar-refractivity contribution < 1.29 is 49.6 Å². The molecule has 4 aromatic rings. The van der Waals surface area contributed by atoms with Crippen LogP contribution in [0.2, 0.25) is 5.15 Å². The van der Waals surface area contributed by atoms with Crippen LogP contribution in [0.25, 0.3) is 22.5 Å². The molecule has 1 amide bonds. The number of halogens is 1. The molecule has 2 aromatic heterocycles. The van der Waals surface area contributed by atoms with E-state index in [4.69, 9.17) is 41.9 Å². The lowest BCUT2D eigenvalue weighted by molar-refractivity contribution is -0.527. The Morgan fingerprint density at radius 3 is 2.42 bits per heavy atom. The van der Waals surface area contributed by atoms with Gasteiger partial charge in [0.15, 0.2) is 11.0 Å². The minimum absolute atomic E-state index is 0.0106. The summed E-state index contributed by atoms with van der Waals surface area (Å²) in [6.45, 7) is 3.34. The zero-order valence-corrected chi connectivity index (χ0v) is 29.3. The average molecular weight is 748 g/mol. The molecule has 52 heavy (non-hydrogen) atoms. The van der Waals surface area contributed by atoms with E-state index in [-0.39, 0.29) is 24.8 Å². The molecule has 20 heteroatoms. The van der Waals surface area contributed by atoms with Crippen LogP contribution in [0.1, 0.15) is 63.0 Å². The third-order valence-electron chi connectivity index (χ3n) is 7.80. The molecule has 2 aromatic carbocycles. The Labute approximate surface area is 303 Å². The molecule has 0 spiro atoms. The highest BCUT2D eigenvalue weighted by Crippen LogP contribution is 2.30. The maximum absolute atomic E-state index is 12.7. The number of imidazole rings is 1. The minimum atomic E-state index is -1.03. The average Bonchev–Trinajstić information content (AvgIpc) is 3.76. The first-order chi connectivity index (χ1) is 25.0. The van der Waals surface area contributed by atoms with Crippen molar-refractivity contribution >= 4 is 23.7 Å². The number of carbonyl (C=O) groups excluding carboxylic acids is 2. The Morgan fingerprint density at radius 1 is 1.00 bits per heavy atom. The number of alkyl carbamates (subject to hydrolysis) is 1. The van der Waals surface area contributed by atoms with Gasteiger partial charge in [0.2, 0.25) is 0 Å². The molecule has 0 fully saturated rings. The Balaban J connectivity index is 1.31. The lowest BCUT2D eigenvalue weighted by Crippen LogP contribution is -2.40. The van der Waals surface area contributed by atoms with Crippen molar-refractivity contribution in [1.82, 2.24) is 46.3 Å². The first kappa shape index (κ1) is 40.2. The van der Waals surface area contributed by atoms with Gasteiger partial charge in [-0.2, -0.15) is 0 Å². The first-order valence-electron chi connectivity index (χ1n) is 16.5. The summed E-state index contributed by atoms with van der Waals surface area (Å²) in [7, 11) is 0. The molecule has 19 nitrogen and oxygen atoms in total. The number of aromatic amines is 1. The number of tetrazole rings is 1. The van der Waals surface area contributed by atoms with Crippen molar-refractivity contribution in [3.8, 4) is 22.5 Å². The highest BCUT2D eigenvalue weighted by Gasteiger charge is 2.22. The largest absolute Gasteiger partial charge is 0.464 e. The molecule has 0 radical (unpaired) electrons. The molecule has 2 unspecified atom stereocenters. The summed E-state index contributed by atoms with van der Waals surface area (Å²) >= 11 is 6.56. The second-order valence-corrected chi connectivity index (χ2v) is 11.9. The van der Waals surface area contributed by atoms with Gasteiger partial charge in [-0.25, -0.2) is 29.3 Å². The van der Waals surface area contributed by atoms with Gasteiger partial charge < -0.3 is 19.4 Å². The number of aryl methyl sites for hydroxylation is 1. The van der Waals surface area contributed by atoms with Gasteiger partial charge in [-0.1, -0.05) is 73.5 Å². The van der Waals surface area contributed by atoms with Crippen LogP contribution >= 0.6 is 11.6 Å². The summed E-state index contributed by atoms with van der Waals surface area (Å²) in [4.78, 5) is 38.8. The molecule has 2 heterocycles. The predicted molar refractivity (Wildman–Crippen MR) is 179 cm³/mol. The summed E-state index contributed by atoms with van der Waals surface area (Å²) in [5, 5.41) is 50.8. The summed E-state index contributed by atoms with van der Waals surface area (Å²) in [5.41, 5.74) is 4.28. The van der Waals surface area contributed by atoms with Crippen LogP contribution in [-0.2, 0) is 43.5 Å². The van der Waals surface area contributed by atoms with Gasteiger partial charge in [0.25, 0.3) is 0 Å². The fraction of sp³-hybridized carbons (Fsp3) is 0.438. The standard InChI is InChI=1S/C32H42ClN9O10/c1-3-4-12-28-35-29(33)27(40(28)18-22-13-15-23(16-14-22)25-10-5-6-11-26(25)30-36-38-39-37-30)20-50-32(44)34-21(2)31(43)49-17-8-7-9-24(52-42(47)48)19-51-41(45)46/h5-6,10-11,13-16,21,24,45-48H,3-4,7-9,12,17-20H2,1-2H3,(H,34,44)(H,36,37,38,39). The first-order valence-corrected chi connectivity index (χ1v) is 16.8. The van der Waals surface area contributed by atoms with E-state index in [0.29, 0.717) is 37.3 Å². The number of amides is 1. The smallest absolute Gasteiger partial charge is 0.408 e. The molecule has 0 saturated carbocycles. The number of hydrogen-bond acceptors (Lipinski definition) is 16. The van der Waals surface area contributed by atoms with Crippen LogP contribution in [0.15, 0.2) is 48.5 Å². The highest BCUT2D eigenvalue weighted by molar-refractivity contribution is 6.30. The molecule has 6 N–H and O–H groups in total. The van der Waals surface area contributed by atoms with Gasteiger partial charge in [0, 0.05) is 18.5 Å². The summed E-state index contributed by atoms with van der Waals surface area (Å²) in [6.07, 6.45) is 1.62. The monoisotopic (exact) mass is 747 g/mol. The van der Waals surface area contributed by atoms with E-state index in [9.17, 15) is 9.59 Å². The number of rotatable bonds is 21. The lowest BCUT2D eigenvalue weighted by Gasteiger charge is -2.19. The van der Waals surface area contributed by atoms with E-state index in [1.807, 2.05) is 53.1 Å². The number of hydrogen-bond donors (Lipinski definition) is 6.